The second-order valence-electron chi connectivity index (χ2n) is 14.0. The Kier molecular flexibility index (Phi) is 8.71. The maximum absolute atomic E-state index is 15.4. The summed E-state index contributed by atoms with van der Waals surface area (Å²) in [5.74, 6) is -3.50. The second kappa shape index (κ2) is 13.2. The lowest BCUT2D eigenvalue weighted by atomic mass is 9.94. The van der Waals surface area contributed by atoms with Gasteiger partial charge in [0.25, 0.3) is 17.4 Å². The molecule has 3 aromatic heterocycles. The van der Waals surface area contributed by atoms with Gasteiger partial charge in [0.15, 0.2) is 0 Å². The van der Waals surface area contributed by atoms with Crippen LogP contribution in [0.5, 0.6) is 0 Å². The van der Waals surface area contributed by atoms with Gasteiger partial charge in [-0.2, -0.15) is 0 Å². The average molecular weight is 716 g/mol. The first-order valence-corrected chi connectivity index (χ1v) is 17.5. The van der Waals surface area contributed by atoms with Crippen molar-refractivity contribution in [1.29, 1.82) is 0 Å². The van der Waals surface area contributed by atoms with E-state index in [0.717, 1.165) is 44.1 Å². The maximum Gasteiger partial charge on any atom is 0.274 e. The molecule has 1 unspecified atom stereocenters. The quantitative estimate of drug-likeness (QED) is 0.258. The number of nitrogens with one attached hydrogen (secondary N) is 1. The first kappa shape index (κ1) is 34.2. The SMILES string of the molecule is C=CC1CN(C2COC2)CCN1c1ccc(Nc2cc(-c3cc(F)cc(N4CCn5c(cc6c5CC(F)(F)CC6)C4=O)c3CO)cn(C)c2=O)nc1. The predicted octanol–water partition coefficient (Wildman–Crippen LogP) is 4.48. The molecule has 52 heavy (non-hydrogen) atoms. The summed E-state index contributed by atoms with van der Waals surface area (Å²) < 4.78 is 52.3. The largest absolute Gasteiger partial charge is 0.392 e. The summed E-state index contributed by atoms with van der Waals surface area (Å²) in [5, 5.41) is 13.8. The van der Waals surface area contributed by atoms with Crippen LogP contribution in [0, 0.1) is 5.82 Å². The molecule has 2 fully saturated rings. The molecule has 4 aromatic rings. The molecule has 11 nitrogen and oxygen atoms in total. The van der Waals surface area contributed by atoms with Crippen LogP contribution in [0.25, 0.3) is 11.1 Å². The standard InChI is InChI=1S/C38H40F3N7O4/c1-3-26-19-45(28-21-52-22-28)8-9-46(26)27-4-5-35(42-17-27)43-31-12-24(18-44(2)36(31)50)29-14-25(39)15-32(30(29)20-49)48-11-10-47-33(37(48)51)13-23-6-7-38(40,41)16-34(23)47/h3-5,12-15,17-18,26,28,49H,1,6-11,16,19-22H2,2H3,(H,42,43). The normalized spacial score (nSPS) is 20.3. The Morgan fingerprint density at radius 1 is 1.12 bits per heavy atom. The number of hydrogen-bond donors (Lipinski definition) is 2. The minimum atomic E-state index is -2.83. The van der Waals surface area contributed by atoms with Crippen molar-refractivity contribution in [3.05, 3.63) is 100 Å². The van der Waals surface area contributed by atoms with Crippen LogP contribution >= 0.6 is 0 Å². The Balaban J connectivity index is 1.06. The van der Waals surface area contributed by atoms with Crippen LogP contribution in [0.4, 0.5) is 36.1 Å². The smallest absolute Gasteiger partial charge is 0.274 e. The number of fused-ring (bicyclic) bond motifs is 3. The van der Waals surface area contributed by atoms with Crippen LogP contribution in [0.15, 0.2) is 66.2 Å². The fourth-order valence-electron chi connectivity index (χ4n) is 7.95. The zero-order valence-electron chi connectivity index (χ0n) is 28.8. The Morgan fingerprint density at radius 3 is 2.65 bits per heavy atom. The lowest BCUT2D eigenvalue weighted by Gasteiger charge is -2.46. The van der Waals surface area contributed by atoms with Crippen molar-refractivity contribution < 1.29 is 27.8 Å². The molecule has 6 heterocycles. The van der Waals surface area contributed by atoms with Gasteiger partial charge in [0, 0.05) is 69.2 Å². The van der Waals surface area contributed by atoms with E-state index in [1.54, 1.807) is 42.2 Å². The number of ether oxygens (including phenoxy) is 1. The molecule has 8 rings (SSSR count). The molecule has 1 amide bonds. The molecule has 0 spiro atoms. The fraction of sp³-hybridized carbons (Fsp3) is 0.395. The summed E-state index contributed by atoms with van der Waals surface area (Å²) in [7, 11) is 1.57. The van der Waals surface area contributed by atoms with Gasteiger partial charge in [-0.1, -0.05) is 6.08 Å². The molecule has 272 valence electrons. The third-order valence-electron chi connectivity index (χ3n) is 10.8. The van der Waals surface area contributed by atoms with Crippen LogP contribution in [0.3, 0.4) is 0 Å². The molecule has 14 heteroatoms. The Morgan fingerprint density at radius 2 is 1.94 bits per heavy atom. The van der Waals surface area contributed by atoms with Crippen LogP contribution in [0.1, 0.15) is 33.7 Å². The van der Waals surface area contributed by atoms with E-state index in [9.17, 15) is 23.5 Å². The molecule has 3 aliphatic heterocycles. The number of nitrogens with zero attached hydrogens (tertiary/aromatic N) is 6. The van der Waals surface area contributed by atoms with Gasteiger partial charge in [0.2, 0.25) is 0 Å². The van der Waals surface area contributed by atoms with Crippen LogP contribution in [-0.2, 0) is 37.8 Å². The number of pyridine rings is 2. The van der Waals surface area contributed by atoms with Gasteiger partial charge < -0.3 is 34.1 Å². The van der Waals surface area contributed by atoms with E-state index >= 15 is 4.39 Å². The van der Waals surface area contributed by atoms with Crippen molar-refractivity contribution in [2.75, 3.05) is 54.5 Å². The van der Waals surface area contributed by atoms with Crippen LogP contribution < -0.4 is 20.7 Å². The highest BCUT2D eigenvalue weighted by molar-refractivity contribution is 6.07. The Bertz CT molecular complexity index is 2110. The number of piperazine rings is 1. The van der Waals surface area contributed by atoms with Crippen LogP contribution in [-0.4, -0.2) is 87.4 Å². The number of halogens is 3. The number of aliphatic hydroxyl groups is 1. The second-order valence-corrected chi connectivity index (χ2v) is 14.0. The van der Waals surface area contributed by atoms with E-state index in [1.807, 2.05) is 12.1 Å². The molecule has 1 atom stereocenters. The highest BCUT2D eigenvalue weighted by Crippen LogP contribution is 2.39. The number of anilines is 4. The number of carbonyl (C=O) groups excluding carboxylic acids is 1. The van der Waals surface area contributed by atoms with E-state index in [-0.39, 0.29) is 54.6 Å². The molecule has 1 aliphatic carbocycles. The molecule has 0 radical (unpaired) electrons. The predicted molar refractivity (Wildman–Crippen MR) is 191 cm³/mol. The summed E-state index contributed by atoms with van der Waals surface area (Å²) in [6.07, 6.45) is 4.73. The van der Waals surface area contributed by atoms with Gasteiger partial charge in [-0.25, -0.2) is 18.2 Å². The van der Waals surface area contributed by atoms with Crippen molar-refractivity contribution in [2.24, 2.45) is 7.05 Å². The van der Waals surface area contributed by atoms with Crippen molar-refractivity contribution in [3.63, 3.8) is 0 Å². The zero-order chi connectivity index (χ0) is 36.3. The summed E-state index contributed by atoms with van der Waals surface area (Å²) in [6.45, 7) is 7.97. The summed E-state index contributed by atoms with van der Waals surface area (Å²) in [5.41, 5.74) is 3.43. The molecule has 0 saturated carbocycles. The number of benzene rings is 1. The Labute approximate surface area is 298 Å². The Hall–Kier alpha value is -4.92. The number of amides is 1. The average Bonchev–Trinajstić information content (AvgIpc) is 3.47. The topological polar surface area (TPSA) is 108 Å². The molecular formula is C38H40F3N7O4. The number of aliphatic hydroxyl groups excluding tert-OH is 1. The molecule has 0 bridgehead atoms. The first-order chi connectivity index (χ1) is 25.0. The first-order valence-electron chi connectivity index (χ1n) is 17.5. The lowest BCUT2D eigenvalue weighted by Crippen LogP contribution is -2.60. The van der Waals surface area contributed by atoms with Gasteiger partial charge in [0.05, 0.1) is 55.9 Å². The number of aryl methyl sites for hydroxylation is 2. The molecule has 1 aromatic carbocycles. The van der Waals surface area contributed by atoms with Gasteiger partial charge in [-0.05, 0) is 53.9 Å². The van der Waals surface area contributed by atoms with Crippen molar-refractivity contribution in [2.45, 2.75) is 50.4 Å². The van der Waals surface area contributed by atoms with Crippen molar-refractivity contribution >= 4 is 28.8 Å². The monoisotopic (exact) mass is 715 g/mol. The van der Waals surface area contributed by atoms with Gasteiger partial charge >= 0.3 is 0 Å². The van der Waals surface area contributed by atoms with Gasteiger partial charge in [-0.15, -0.1) is 6.58 Å². The molecular weight excluding hydrogens is 675 g/mol. The highest BCUT2D eigenvalue weighted by atomic mass is 19.3. The van der Waals surface area contributed by atoms with E-state index < -0.39 is 30.7 Å². The number of rotatable bonds is 8. The number of carbonyl (C=O) groups is 1. The van der Waals surface area contributed by atoms with Gasteiger partial charge in [-0.3, -0.25) is 14.5 Å². The lowest BCUT2D eigenvalue weighted by molar-refractivity contribution is -0.0682. The maximum atomic E-state index is 15.4. The minimum absolute atomic E-state index is 0.106. The third kappa shape index (κ3) is 6.07. The van der Waals surface area contributed by atoms with E-state index in [4.69, 9.17) is 4.74 Å². The van der Waals surface area contributed by atoms with E-state index in [2.05, 4.69) is 26.7 Å². The third-order valence-corrected chi connectivity index (χ3v) is 10.8. The molecule has 4 aliphatic rings. The summed E-state index contributed by atoms with van der Waals surface area (Å²) >= 11 is 0. The zero-order valence-corrected chi connectivity index (χ0v) is 28.8. The number of hydrogen-bond acceptors (Lipinski definition) is 8. The molecule has 2 N–H and O–H groups in total. The van der Waals surface area contributed by atoms with Crippen molar-refractivity contribution in [3.8, 4) is 11.1 Å². The van der Waals surface area contributed by atoms with Gasteiger partial charge in [0.1, 0.15) is 23.0 Å². The minimum Gasteiger partial charge on any atom is -0.392 e. The fourth-order valence-corrected chi connectivity index (χ4v) is 7.95. The van der Waals surface area contributed by atoms with Crippen molar-refractivity contribution in [1.82, 2.24) is 19.0 Å². The van der Waals surface area contributed by atoms with E-state index in [0.29, 0.717) is 34.2 Å². The highest BCUT2D eigenvalue weighted by Gasteiger charge is 2.40. The van der Waals surface area contributed by atoms with E-state index in [1.165, 1.54) is 21.6 Å². The molecule has 2 saturated heterocycles. The summed E-state index contributed by atoms with van der Waals surface area (Å²) in [4.78, 5) is 37.8. The van der Waals surface area contributed by atoms with Crippen LogP contribution in [0.2, 0.25) is 0 Å². The number of aromatic nitrogens is 3. The summed E-state index contributed by atoms with van der Waals surface area (Å²) in [6, 6.07) is 9.99. The number of alkyl halides is 2.